The van der Waals surface area contributed by atoms with Crippen molar-refractivity contribution in [1.29, 1.82) is 0 Å². The molecule has 1 aliphatic rings. The number of rotatable bonds is 3. The molecule has 0 radical (unpaired) electrons. The molecule has 1 aromatic carbocycles. The highest BCUT2D eigenvalue weighted by Crippen LogP contribution is 2.19. The molecule has 2 rings (SSSR count). The molecule has 1 aliphatic heterocycles. The molecule has 1 N–H and O–H groups in total. The van der Waals surface area contributed by atoms with Gasteiger partial charge in [0.15, 0.2) is 0 Å². The van der Waals surface area contributed by atoms with Gasteiger partial charge in [-0.3, -0.25) is 4.79 Å². The molecule has 0 aromatic heterocycles. The summed E-state index contributed by atoms with van der Waals surface area (Å²) in [5.74, 6) is -0.178. The minimum atomic E-state index is -0.178. The van der Waals surface area contributed by atoms with Crippen LogP contribution in [0, 0.1) is 0 Å². The third kappa shape index (κ3) is 3.11. The fourth-order valence-electron chi connectivity index (χ4n) is 2.01. The molecule has 4 heteroatoms. The monoisotopic (exact) mass is 245 g/mol. The maximum atomic E-state index is 11.2. The third-order valence-corrected chi connectivity index (χ3v) is 3.19. The number of amides is 1. The van der Waals surface area contributed by atoms with Crippen LogP contribution in [0.1, 0.15) is 0 Å². The summed E-state index contributed by atoms with van der Waals surface area (Å²) in [4.78, 5) is 15.8. The van der Waals surface area contributed by atoms with Gasteiger partial charge in [0.2, 0.25) is 5.91 Å². The second-order valence-corrected chi connectivity index (χ2v) is 4.53. The molecule has 4 nitrogen and oxygen atoms in total. The van der Waals surface area contributed by atoms with E-state index in [2.05, 4.69) is 28.7 Å². The minimum absolute atomic E-state index is 0.178. The normalized spacial score (nSPS) is 16.4. The largest absolute Gasteiger partial charge is 0.369 e. The van der Waals surface area contributed by atoms with Crippen LogP contribution < -0.4 is 10.2 Å². The van der Waals surface area contributed by atoms with Gasteiger partial charge in [-0.2, -0.15) is 0 Å². The lowest BCUT2D eigenvalue weighted by atomic mass is 10.2. The number of benzene rings is 1. The van der Waals surface area contributed by atoms with E-state index in [1.54, 1.807) is 0 Å². The zero-order valence-electron chi connectivity index (χ0n) is 10.7. The molecular weight excluding hydrogens is 226 g/mol. The summed E-state index contributed by atoms with van der Waals surface area (Å²) in [6.45, 7) is 7.72. The average molecular weight is 245 g/mol. The zero-order valence-corrected chi connectivity index (χ0v) is 10.7. The van der Waals surface area contributed by atoms with Crippen LogP contribution in [0.4, 0.5) is 11.4 Å². The first-order chi connectivity index (χ1) is 8.69. The van der Waals surface area contributed by atoms with Gasteiger partial charge in [-0.05, 0) is 37.4 Å². The number of carbonyl (C=O) groups excluding carboxylic acids is 1. The van der Waals surface area contributed by atoms with Crippen LogP contribution >= 0.6 is 0 Å². The van der Waals surface area contributed by atoms with Crippen molar-refractivity contribution in [3.63, 3.8) is 0 Å². The zero-order chi connectivity index (χ0) is 13.0. The van der Waals surface area contributed by atoms with E-state index in [-0.39, 0.29) is 5.91 Å². The molecule has 1 heterocycles. The summed E-state index contributed by atoms with van der Waals surface area (Å²) < 4.78 is 0. The van der Waals surface area contributed by atoms with Crippen molar-refractivity contribution in [2.75, 3.05) is 43.4 Å². The Kier molecular flexibility index (Phi) is 3.99. The molecule has 1 aromatic rings. The van der Waals surface area contributed by atoms with Gasteiger partial charge in [0, 0.05) is 37.6 Å². The Morgan fingerprint density at radius 2 is 1.83 bits per heavy atom. The Balaban J connectivity index is 1.99. The van der Waals surface area contributed by atoms with E-state index in [1.165, 1.54) is 11.8 Å². The Labute approximate surface area is 108 Å². The number of hydrogen-bond donors (Lipinski definition) is 1. The predicted molar refractivity (Wildman–Crippen MR) is 75.0 cm³/mol. The van der Waals surface area contributed by atoms with Crippen LogP contribution in [-0.2, 0) is 4.79 Å². The lowest BCUT2D eigenvalue weighted by molar-refractivity contribution is -0.111. The molecule has 0 bridgehead atoms. The number of hydrogen-bond acceptors (Lipinski definition) is 3. The second-order valence-electron chi connectivity index (χ2n) is 4.53. The Bertz CT molecular complexity index is 419. The number of piperazine rings is 1. The first kappa shape index (κ1) is 12.6. The number of anilines is 2. The summed E-state index contributed by atoms with van der Waals surface area (Å²) in [5.41, 5.74) is 2.01. The van der Waals surface area contributed by atoms with Crippen molar-refractivity contribution in [2.45, 2.75) is 0 Å². The quantitative estimate of drug-likeness (QED) is 0.821. The molecule has 1 amide bonds. The molecule has 1 fully saturated rings. The standard InChI is InChI=1S/C14H19N3O/c1-3-14(18)15-12-4-6-13(7-5-12)17-10-8-16(2)9-11-17/h3-7H,1,8-11H2,2H3,(H,15,18). The molecule has 1 saturated heterocycles. The Morgan fingerprint density at radius 1 is 1.22 bits per heavy atom. The third-order valence-electron chi connectivity index (χ3n) is 3.19. The minimum Gasteiger partial charge on any atom is -0.369 e. The van der Waals surface area contributed by atoms with Gasteiger partial charge in [0.1, 0.15) is 0 Å². The Morgan fingerprint density at radius 3 is 2.39 bits per heavy atom. The van der Waals surface area contributed by atoms with Crippen molar-refractivity contribution >= 4 is 17.3 Å². The highest BCUT2D eigenvalue weighted by molar-refractivity contribution is 5.98. The number of nitrogens with one attached hydrogen (secondary N) is 1. The molecule has 0 unspecified atom stereocenters. The Hall–Kier alpha value is -1.81. The van der Waals surface area contributed by atoms with Crippen molar-refractivity contribution in [2.24, 2.45) is 0 Å². The summed E-state index contributed by atoms with van der Waals surface area (Å²) >= 11 is 0. The summed E-state index contributed by atoms with van der Waals surface area (Å²) in [6, 6.07) is 7.94. The SMILES string of the molecule is C=CC(=O)Nc1ccc(N2CCN(C)CC2)cc1. The van der Waals surface area contributed by atoms with Crippen LogP contribution in [0.2, 0.25) is 0 Å². The maximum Gasteiger partial charge on any atom is 0.247 e. The van der Waals surface area contributed by atoms with E-state index in [0.29, 0.717) is 0 Å². The van der Waals surface area contributed by atoms with E-state index < -0.39 is 0 Å². The predicted octanol–water partition coefficient (Wildman–Crippen LogP) is 1.56. The molecule has 0 spiro atoms. The smallest absolute Gasteiger partial charge is 0.247 e. The number of carbonyl (C=O) groups is 1. The lowest BCUT2D eigenvalue weighted by Gasteiger charge is -2.34. The van der Waals surface area contributed by atoms with Crippen molar-refractivity contribution in [3.05, 3.63) is 36.9 Å². The van der Waals surface area contributed by atoms with E-state index in [0.717, 1.165) is 31.9 Å². The van der Waals surface area contributed by atoms with Gasteiger partial charge in [0.25, 0.3) is 0 Å². The topological polar surface area (TPSA) is 35.6 Å². The molecule has 0 saturated carbocycles. The molecule has 96 valence electrons. The summed E-state index contributed by atoms with van der Waals surface area (Å²) in [5, 5.41) is 2.75. The van der Waals surface area contributed by atoms with Gasteiger partial charge in [-0.1, -0.05) is 6.58 Å². The maximum absolute atomic E-state index is 11.2. The van der Waals surface area contributed by atoms with Crippen molar-refractivity contribution < 1.29 is 4.79 Å². The van der Waals surface area contributed by atoms with Gasteiger partial charge in [0.05, 0.1) is 0 Å². The van der Waals surface area contributed by atoms with Crippen LogP contribution in [0.25, 0.3) is 0 Å². The van der Waals surface area contributed by atoms with Crippen LogP contribution in [-0.4, -0.2) is 44.0 Å². The molecule has 18 heavy (non-hydrogen) atoms. The van der Waals surface area contributed by atoms with Crippen LogP contribution in [0.15, 0.2) is 36.9 Å². The molecule has 0 atom stereocenters. The highest BCUT2D eigenvalue weighted by atomic mass is 16.1. The number of nitrogens with zero attached hydrogens (tertiary/aromatic N) is 2. The summed E-state index contributed by atoms with van der Waals surface area (Å²) in [6.07, 6.45) is 1.27. The first-order valence-electron chi connectivity index (χ1n) is 6.16. The van der Waals surface area contributed by atoms with Gasteiger partial charge in [-0.15, -0.1) is 0 Å². The van der Waals surface area contributed by atoms with Gasteiger partial charge < -0.3 is 15.1 Å². The summed E-state index contributed by atoms with van der Waals surface area (Å²) in [7, 11) is 2.14. The molecule has 0 aliphatic carbocycles. The van der Waals surface area contributed by atoms with E-state index in [1.807, 2.05) is 24.3 Å². The lowest BCUT2D eigenvalue weighted by Crippen LogP contribution is -2.44. The number of likely N-dealkylation sites (N-methyl/N-ethyl adjacent to an activating group) is 1. The van der Waals surface area contributed by atoms with E-state index >= 15 is 0 Å². The van der Waals surface area contributed by atoms with E-state index in [9.17, 15) is 4.79 Å². The van der Waals surface area contributed by atoms with Gasteiger partial charge >= 0.3 is 0 Å². The van der Waals surface area contributed by atoms with Crippen LogP contribution in [0.5, 0.6) is 0 Å². The fourth-order valence-corrected chi connectivity index (χ4v) is 2.01. The van der Waals surface area contributed by atoms with Crippen molar-refractivity contribution in [1.82, 2.24) is 4.90 Å². The molecular formula is C14H19N3O. The van der Waals surface area contributed by atoms with Crippen LogP contribution in [0.3, 0.4) is 0 Å². The fraction of sp³-hybridized carbons (Fsp3) is 0.357. The van der Waals surface area contributed by atoms with Gasteiger partial charge in [-0.25, -0.2) is 0 Å². The average Bonchev–Trinajstić information content (AvgIpc) is 2.40. The van der Waals surface area contributed by atoms with E-state index in [4.69, 9.17) is 0 Å². The highest BCUT2D eigenvalue weighted by Gasteiger charge is 2.13. The van der Waals surface area contributed by atoms with Crippen molar-refractivity contribution in [3.8, 4) is 0 Å². The second kappa shape index (κ2) is 5.69. The first-order valence-corrected chi connectivity index (χ1v) is 6.16.